The second-order valence-corrected chi connectivity index (χ2v) is 6.30. The Labute approximate surface area is 144 Å². The minimum Gasteiger partial charge on any atom is -0.341 e. The first-order chi connectivity index (χ1) is 12.0. The molecule has 1 fully saturated rings. The third-order valence-electron chi connectivity index (χ3n) is 4.28. The van der Waals surface area contributed by atoms with Crippen molar-refractivity contribution in [1.29, 1.82) is 0 Å². The predicted molar refractivity (Wildman–Crippen MR) is 88.4 cm³/mol. The van der Waals surface area contributed by atoms with Crippen LogP contribution in [0.2, 0.25) is 0 Å². The van der Waals surface area contributed by atoms with Crippen molar-refractivity contribution in [3.63, 3.8) is 0 Å². The first-order valence-corrected chi connectivity index (χ1v) is 8.43. The minimum atomic E-state index is -0.376. The number of hydrogen-bond acceptors (Lipinski definition) is 7. The Morgan fingerprint density at radius 1 is 1.44 bits per heavy atom. The number of hydrogen-bond donors (Lipinski definition) is 1. The van der Waals surface area contributed by atoms with Crippen molar-refractivity contribution in [1.82, 2.24) is 34.7 Å². The normalized spacial score (nSPS) is 17.6. The molecule has 0 aromatic carbocycles. The highest BCUT2D eigenvalue weighted by molar-refractivity contribution is 5.89. The number of aromatic nitrogens is 5. The molecule has 3 rings (SSSR count). The van der Waals surface area contributed by atoms with E-state index >= 15 is 0 Å². The molecule has 3 heterocycles. The molecule has 10 nitrogen and oxygen atoms in total. The predicted octanol–water partition coefficient (Wildman–Crippen LogP) is -0.335. The van der Waals surface area contributed by atoms with Gasteiger partial charge in [0.2, 0.25) is 0 Å². The van der Waals surface area contributed by atoms with Gasteiger partial charge < -0.3 is 14.7 Å². The smallest absolute Gasteiger partial charge is 0.341 e. The Kier molecular flexibility index (Phi) is 4.98. The average Bonchev–Trinajstić information content (AvgIpc) is 3.20. The van der Waals surface area contributed by atoms with E-state index in [0.29, 0.717) is 6.54 Å². The van der Waals surface area contributed by atoms with Gasteiger partial charge in [0.1, 0.15) is 12.4 Å². The molecule has 1 N–H and O–H groups in total. The summed E-state index contributed by atoms with van der Waals surface area (Å²) in [7, 11) is 3.20. The summed E-state index contributed by atoms with van der Waals surface area (Å²) < 4.78 is 7.99. The largest absolute Gasteiger partial charge is 0.346 e. The summed E-state index contributed by atoms with van der Waals surface area (Å²) in [5, 5.41) is 11.6. The molecule has 1 amide bonds. The fourth-order valence-corrected chi connectivity index (χ4v) is 2.96. The summed E-state index contributed by atoms with van der Waals surface area (Å²) in [6, 6.07) is 0. The molecule has 2 aromatic heterocycles. The maximum Gasteiger partial charge on any atom is 0.346 e. The molecular formula is C15H23N7O3. The summed E-state index contributed by atoms with van der Waals surface area (Å²) >= 11 is 0. The van der Waals surface area contributed by atoms with Crippen molar-refractivity contribution in [3.05, 3.63) is 28.0 Å². The second kappa shape index (κ2) is 7.18. The van der Waals surface area contributed by atoms with Gasteiger partial charge in [0.05, 0.1) is 0 Å². The molecule has 136 valence electrons. The van der Waals surface area contributed by atoms with Crippen molar-refractivity contribution in [2.24, 2.45) is 0 Å². The van der Waals surface area contributed by atoms with E-state index in [0.717, 1.165) is 31.8 Å². The van der Waals surface area contributed by atoms with Crippen molar-refractivity contribution in [2.75, 3.05) is 27.2 Å². The molecule has 1 aliphatic rings. The van der Waals surface area contributed by atoms with E-state index in [1.807, 2.05) is 6.92 Å². The number of carbonyl (C=O) groups excluding carboxylic acids is 1. The Bertz CT molecular complexity index is 798. The molecule has 0 radical (unpaired) electrons. The Morgan fingerprint density at radius 2 is 2.24 bits per heavy atom. The molecule has 1 saturated heterocycles. The van der Waals surface area contributed by atoms with Crippen LogP contribution < -0.4 is 11.0 Å². The van der Waals surface area contributed by atoms with E-state index < -0.39 is 0 Å². The maximum absolute atomic E-state index is 12.6. The quantitative estimate of drug-likeness (QED) is 0.786. The standard InChI is InChI=1S/C15H23N7O3/c1-4-21-12(10-6-5-7-16-8-10)18-22(15(21)24)9-11-17-13(25-19-11)14(23)20(2)3/h10,16H,4-9H2,1-3H3/t10-/m1/s1. The third kappa shape index (κ3) is 3.48. The summed E-state index contributed by atoms with van der Waals surface area (Å²) in [4.78, 5) is 29.8. The molecule has 1 aliphatic heterocycles. The Morgan fingerprint density at radius 3 is 2.88 bits per heavy atom. The van der Waals surface area contributed by atoms with Crippen LogP contribution in [0.3, 0.4) is 0 Å². The molecule has 0 aliphatic carbocycles. The highest BCUT2D eigenvalue weighted by Crippen LogP contribution is 2.20. The van der Waals surface area contributed by atoms with Gasteiger partial charge in [-0.25, -0.2) is 9.48 Å². The van der Waals surface area contributed by atoms with Crippen LogP contribution in [0, 0.1) is 0 Å². The van der Waals surface area contributed by atoms with Crippen LogP contribution in [-0.4, -0.2) is 62.5 Å². The van der Waals surface area contributed by atoms with E-state index in [-0.39, 0.29) is 35.8 Å². The lowest BCUT2D eigenvalue weighted by Gasteiger charge is -2.21. The first kappa shape index (κ1) is 17.3. The van der Waals surface area contributed by atoms with Gasteiger partial charge in [0, 0.05) is 33.1 Å². The highest BCUT2D eigenvalue weighted by atomic mass is 16.5. The molecule has 0 bridgehead atoms. The fraction of sp³-hybridized carbons (Fsp3) is 0.667. The van der Waals surface area contributed by atoms with Gasteiger partial charge in [-0.1, -0.05) is 5.16 Å². The number of amides is 1. The van der Waals surface area contributed by atoms with Crippen LogP contribution >= 0.6 is 0 Å². The van der Waals surface area contributed by atoms with Crippen molar-refractivity contribution >= 4 is 5.91 Å². The molecular weight excluding hydrogens is 326 g/mol. The summed E-state index contributed by atoms with van der Waals surface area (Å²) in [6.45, 7) is 4.37. The highest BCUT2D eigenvalue weighted by Gasteiger charge is 2.24. The second-order valence-electron chi connectivity index (χ2n) is 6.30. The van der Waals surface area contributed by atoms with E-state index in [4.69, 9.17) is 4.52 Å². The van der Waals surface area contributed by atoms with Gasteiger partial charge in [-0.3, -0.25) is 9.36 Å². The van der Waals surface area contributed by atoms with Gasteiger partial charge in [-0.15, -0.1) is 0 Å². The summed E-state index contributed by atoms with van der Waals surface area (Å²) in [5.41, 5.74) is -0.201. The molecule has 10 heteroatoms. The summed E-state index contributed by atoms with van der Waals surface area (Å²) in [5.74, 6) is 0.784. The molecule has 25 heavy (non-hydrogen) atoms. The Hall–Kier alpha value is -2.49. The van der Waals surface area contributed by atoms with E-state index in [2.05, 4.69) is 20.6 Å². The van der Waals surface area contributed by atoms with Gasteiger partial charge in [-0.2, -0.15) is 10.1 Å². The molecule has 1 atom stereocenters. The molecule has 0 saturated carbocycles. The Balaban J connectivity index is 1.84. The van der Waals surface area contributed by atoms with Crippen LogP contribution in [0.1, 0.15) is 48.0 Å². The van der Waals surface area contributed by atoms with Gasteiger partial charge in [0.15, 0.2) is 5.82 Å². The van der Waals surface area contributed by atoms with Crippen LogP contribution in [-0.2, 0) is 13.1 Å². The van der Waals surface area contributed by atoms with E-state index in [1.165, 1.54) is 9.58 Å². The zero-order valence-electron chi connectivity index (χ0n) is 14.7. The number of nitrogens with zero attached hydrogens (tertiary/aromatic N) is 6. The lowest BCUT2D eigenvalue weighted by Crippen LogP contribution is -2.31. The number of nitrogens with one attached hydrogen (secondary N) is 1. The lowest BCUT2D eigenvalue weighted by molar-refractivity contribution is 0.0779. The van der Waals surface area contributed by atoms with Gasteiger partial charge in [-0.05, 0) is 26.3 Å². The number of rotatable bonds is 5. The van der Waals surface area contributed by atoms with Gasteiger partial charge >= 0.3 is 17.5 Å². The van der Waals surface area contributed by atoms with Crippen molar-refractivity contribution < 1.29 is 9.32 Å². The zero-order chi connectivity index (χ0) is 18.0. The number of piperidine rings is 1. The van der Waals surface area contributed by atoms with Crippen LogP contribution in [0.5, 0.6) is 0 Å². The van der Waals surface area contributed by atoms with E-state index in [9.17, 15) is 9.59 Å². The average molecular weight is 349 g/mol. The van der Waals surface area contributed by atoms with Gasteiger partial charge in [0.25, 0.3) is 0 Å². The minimum absolute atomic E-state index is 0.0726. The van der Waals surface area contributed by atoms with Crippen LogP contribution in [0.4, 0.5) is 0 Å². The lowest BCUT2D eigenvalue weighted by atomic mass is 9.99. The fourth-order valence-electron chi connectivity index (χ4n) is 2.96. The number of carbonyl (C=O) groups is 1. The van der Waals surface area contributed by atoms with E-state index in [1.54, 1.807) is 18.7 Å². The van der Waals surface area contributed by atoms with Crippen molar-refractivity contribution in [2.45, 2.75) is 38.8 Å². The van der Waals surface area contributed by atoms with Crippen molar-refractivity contribution in [3.8, 4) is 0 Å². The topological polar surface area (TPSA) is 111 Å². The third-order valence-corrected chi connectivity index (χ3v) is 4.28. The van der Waals surface area contributed by atoms with Crippen LogP contribution in [0.15, 0.2) is 9.32 Å². The van der Waals surface area contributed by atoms with Crippen LogP contribution in [0.25, 0.3) is 0 Å². The zero-order valence-corrected chi connectivity index (χ0v) is 14.7. The SMILES string of the molecule is CCn1c([C@@H]2CCCNC2)nn(Cc2noc(C(=O)N(C)C)n2)c1=O. The molecule has 0 spiro atoms. The molecule has 0 unspecified atom stereocenters. The monoisotopic (exact) mass is 349 g/mol. The molecule has 2 aromatic rings. The maximum atomic E-state index is 12.6. The first-order valence-electron chi connectivity index (χ1n) is 8.43. The summed E-state index contributed by atoms with van der Waals surface area (Å²) in [6.07, 6.45) is 2.07.